The van der Waals surface area contributed by atoms with Crippen molar-refractivity contribution in [2.24, 2.45) is 0 Å². The number of nitrogens with one attached hydrogen (secondary N) is 1. The Morgan fingerprint density at radius 2 is 1.77 bits per heavy atom. The number of carbonyl (C=O) groups is 2. The van der Waals surface area contributed by atoms with Crippen molar-refractivity contribution in [1.82, 2.24) is 4.90 Å². The molecule has 0 radical (unpaired) electrons. The summed E-state index contributed by atoms with van der Waals surface area (Å²) in [6.45, 7) is 0.294. The number of amides is 2. The fourth-order valence-corrected chi connectivity index (χ4v) is 2.97. The minimum absolute atomic E-state index is 0.246. The van der Waals surface area contributed by atoms with Crippen LogP contribution in [0.4, 0.5) is 0 Å². The van der Waals surface area contributed by atoms with E-state index in [4.69, 9.17) is 5.41 Å². The van der Waals surface area contributed by atoms with Gasteiger partial charge in [0.1, 0.15) is 0 Å². The molecule has 5 heteroatoms. The molecule has 0 aliphatic carbocycles. The van der Waals surface area contributed by atoms with E-state index in [0.29, 0.717) is 24.1 Å². The first-order valence-corrected chi connectivity index (χ1v) is 7.57. The molecule has 0 unspecified atom stereocenters. The molecule has 0 spiro atoms. The van der Waals surface area contributed by atoms with Gasteiger partial charge in [0.25, 0.3) is 11.8 Å². The van der Waals surface area contributed by atoms with Gasteiger partial charge in [-0.15, -0.1) is 11.3 Å². The third kappa shape index (κ3) is 2.57. The molecule has 108 valence electrons. The number of fused-ring (bicyclic) bond motifs is 1. The molecule has 1 aliphatic heterocycles. The van der Waals surface area contributed by atoms with Crippen molar-refractivity contribution < 1.29 is 9.59 Å². The van der Waals surface area contributed by atoms with Gasteiger partial charge >= 0.3 is 0 Å². The Kier molecular flexibility index (Phi) is 3.86. The summed E-state index contributed by atoms with van der Waals surface area (Å²) in [4.78, 5) is 27.3. The maximum atomic E-state index is 12.1. The number of rotatable bonds is 3. The molecule has 22 heavy (non-hydrogen) atoms. The zero-order valence-electron chi connectivity index (χ0n) is 11.6. The Balaban J connectivity index is 1.65. The Morgan fingerprint density at radius 3 is 2.36 bits per heavy atom. The van der Waals surface area contributed by atoms with Crippen LogP contribution in [-0.4, -0.2) is 29.5 Å². The summed E-state index contributed by atoms with van der Waals surface area (Å²) in [7, 11) is 0. The van der Waals surface area contributed by atoms with E-state index in [-0.39, 0.29) is 11.8 Å². The molecule has 1 aromatic carbocycles. The van der Waals surface area contributed by atoms with Crippen LogP contribution in [0.25, 0.3) is 0 Å². The topological polar surface area (TPSA) is 61.2 Å². The van der Waals surface area contributed by atoms with Crippen LogP contribution in [0.1, 0.15) is 36.9 Å². The fourth-order valence-electron chi connectivity index (χ4n) is 2.26. The van der Waals surface area contributed by atoms with Crippen molar-refractivity contribution in [1.29, 1.82) is 5.41 Å². The lowest BCUT2D eigenvalue weighted by Gasteiger charge is -2.10. The smallest absolute Gasteiger partial charge is 0.261 e. The highest BCUT2D eigenvalue weighted by atomic mass is 32.1. The number of hydrogen-bond acceptors (Lipinski definition) is 4. The molecule has 2 heterocycles. The SMILES string of the molecule is N=Cc1ccc(C#CCCN2C(=O)c3ccccc3C2=O)s1. The van der Waals surface area contributed by atoms with Crippen molar-refractivity contribution >= 4 is 29.4 Å². The number of nitrogens with zero attached hydrogens (tertiary/aromatic N) is 1. The second kappa shape index (κ2) is 5.96. The van der Waals surface area contributed by atoms with Crippen molar-refractivity contribution in [2.45, 2.75) is 6.42 Å². The molecule has 0 saturated heterocycles. The zero-order valence-corrected chi connectivity index (χ0v) is 12.4. The zero-order chi connectivity index (χ0) is 15.5. The largest absolute Gasteiger partial charge is 0.307 e. The van der Waals surface area contributed by atoms with E-state index in [1.54, 1.807) is 24.3 Å². The number of benzene rings is 1. The van der Waals surface area contributed by atoms with E-state index in [2.05, 4.69) is 11.8 Å². The van der Waals surface area contributed by atoms with Gasteiger partial charge in [-0.1, -0.05) is 24.0 Å². The Morgan fingerprint density at radius 1 is 1.09 bits per heavy atom. The summed E-state index contributed by atoms with van der Waals surface area (Å²) < 4.78 is 0. The van der Waals surface area contributed by atoms with Gasteiger partial charge in [-0.05, 0) is 24.3 Å². The molecule has 1 N–H and O–H groups in total. The van der Waals surface area contributed by atoms with Crippen molar-refractivity contribution in [3.05, 3.63) is 57.3 Å². The normalized spacial score (nSPS) is 12.8. The summed E-state index contributed by atoms with van der Waals surface area (Å²) in [5.74, 6) is 5.47. The molecule has 0 bridgehead atoms. The van der Waals surface area contributed by atoms with Crippen molar-refractivity contribution in [3.63, 3.8) is 0 Å². The lowest BCUT2D eigenvalue weighted by atomic mass is 10.1. The molecule has 4 nitrogen and oxygen atoms in total. The van der Waals surface area contributed by atoms with Crippen LogP contribution in [0, 0.1) is 17.3 Å². The molecule has 2 amide bonds. The average molecular weight is 308 g/mol. The Hall–Kier alpha value is -2.71. The van der Waals surface area contributed by atoms with Crippen molar-refractivity contribution in [2.75, 3.05) is 6.54 Å². The summed E-state index contributed by atoms with van der Waals surface area (Å²) in [5.41, 5.74) is 0.934. The molecule has 1 aliphatic rings. The van der Waals surface area contributed by atoms with E-state index in [0.717, 1.165) is 9.75 Å². The first-order chi connectivity index (χ1) is 10.7. The van der Waals surface area contributed by atoms with Crippen LogP contribution in [-0.2, 0) is 0 Å². The number of imide groups is 1. The Labute approximate surface area is 131 Å². The molecular formula is C17H12N2O2S. The predicted molar refractivity (Wildman–Crippen MR) is 85.5 cm³/mol. The third-order valence-electron chi connectivity index (χ3n) is 3.32. The second-order valence-electron chi connectivity index (χ2n) is 4.71. The van der Waals surface area contributed by atoms with Gasteiger partial charge in [0.2, 0.25) is 0 Å². The van der Waals surface area contributed by atoms with E-state index in [1.165, 1.54) is 22.5 Å². The lowest BCUT2D eigenvalue weighted by Crippen LogP contribution is -2.30. The number of hydrogen-bond donors (Lipinski definition) is 1. The molecule has 0 saturated carbocycles. The van der Waals surface area contributed by atoms with E-state index in [1.807, 2.05) is 12.1 Å². The maximum absolute atomic E-state index is 12.1. The number of carbonyl (C=O) groups excluding carboxylic acids is 2. The standard InChI is InChI=1S/C17H12N2O2S/c18-11-13-9-8-12(22-13)5-3-4-10-19-16(20)14-6-1-2-7-15(14)17(19)21/h1-2,6-9,11,18H,4,10H2. The van der Waals surface area contributed by atoms with E-state index < -0.39 is 0 Å². The minimum atomic E-state index is -0.246. The highest BCUT2D eigenvalue weighted by molar-refractivity contribution is 7.14. The summed E-state index contributed by atoms with van der Waals surface area (Å²) in [6, 6.07) is 10.6. The molecule has 1 aromatic heterocycles. The van der Waals surface area contributed by atoms with Crippen LogP contribution < -0.4 is 0 Å². The van der Waals surface area contributed by atoms with Gasteiger partial charge in [0, 0.05) is 24.1 Å². The summed E-state index contributed by atoms with van der Waals surface area (Å²) in [6.07, 6.45) is 1.72. The van der Waals surface area contributed by atoms with Crippen LogP contribution in [0.2, 0.25) is 0 Å². The average Bonchev–Trinajstić information content (AvgIpc) is 3.10. The molecule has 0 fully saturated rings. The van der Waals surface area contributed by atoms with Crippen molar-refractivity contribution in [3.8, 4) is 11.8 Å². The maximum Gasteiger partial charge on any atom is 0.261 e. The van der Waals surface area contributed by atoms with Crippen LogP contribution in [0.5, 0.6) is 0 Å². The molecule has 3 rings (SSSR count). The second-order valence-corrected chi connectivity index (χ2v) is 5.82. The Bertz CT molecular complexity index is 791. The monoisotopic (exact) mass is 308 g/mol. The predicted octanol–water partition coefficient (Wildman–Crippen LogP) is 2.78. The molecule has 2 aromatic rings. The lowest BCUT2D eigenvalue weighted by molar-refractivity contribution is 0.0658. The number of thiophene rings is 1. The van der Waals surface area contributed by atoms with Gasteiger partial charge in [-0.3, -0.25) is 14.5 Å². The fraction of sp³-hybridized carbons (Fsp3) is 0.118. The minimum Gasteiger partial charge on any atom is -0.307 e. The first-order valence-electron chi connectivity index (χ1n) is 6.75. The first kappa shape index (κ1) is 14.2. The van der Waals surface area contributed by atoms with E-state index >= 15 is 0 Å². The highest BCUT2D eigenvalue weighted by Gasteiger charge is 2.34. The molecular weight excluding hydrogens is 296 g/mol. The van der Waals surface area contributed by atoms with Gasteiger partial charge in [-0.2, -0.15) is 0 Å². The van der Waals surface area contributed by atoms with Crippen LogP contribution in [0.3, 0.4) is 0 Å². The van der Waals surface area contributed by atoms with E-state index in [9.17, 15) is 9.59 Å². The highest BCUT2D eigenvalue weighted by Crippen LogP contribution is 2.22. The molecule has 0 atom stereocenters. The summed E-state index contributed by atoms with van der Waals surface area (Å²) >= 11 is 1.44. The third-order valence-corrected chi connectivity index (χ3v) is 4.27. The van der Waals surface area contributed by atoms with Gasteiger partial charge in [0.15, 0.2) is 0 Å². The van der Waals surface area contributed by atoms with Gasteiger partial charge in [0.05, 0.1) is 16.0 Å². The van der Waals surface area contributed by atoms with Crippen LogP contribution >= 0.6 is 11.3 Å². The summed E-state index contributed by atoms with van der Waals surface area (Å²) in [5, 5.41) is 7.15. The quantitative estimate of drug-likeness (QED) is 0.538. The van der Waals surface area contributed by atoms with Gasteiger partial charge < -0.3 is 5.41 Å². The van der Waals surface area contributed by atoms with Crippen LogP contribution in [0.15, 0.2) is 36.4 Å². The van der Waals surface area contributed by atoms with Gasteiger partial charge in [-0.25, -0.2) is 0 Å².